The number of benzene rings is 2. The van der Waals surface area contributed by atoms with Gasteiger partial charge >= 0.3 is 5.69 Å². The van der Waals surface area contributed by atoms with Crippen molar-refractivity contribution in [2.45, 2.75) is 30.8 Å². The minimum atomic E-state index is -3.92. The highest BCUT2D eigenvalue weighted by atomic mass is 32.2. The zero-order valence-electron chi connectivity index (χ0n) is 16.7. The molecule has 3 rings (SSSR count). The van der Waals surface area contributed by atoms with E-state index in [1.807, 2.05) is 5.32 Å². The average molecular weight is 473 g/mol. The summed E-state index contributed by atoms with van der Waals surface area (Å²) in [5.41, 5.74) is -1.34. The third-order valence-corrected chi connectivity index (χ3v) is 6.69. The van der Waals surface area contributed by atoms with Gasteiger partial charge < -0.3 is 10.1 Å². The van der Waals surface area contributed by atoms with E-state index in [1.165, 1.54) is 11.2 Å². The summed E-state index contributed by atoms with van der Waals surface area (Å²) in [7, 11) is -3.92. The van der Waals surface area contributed by atoms with Crippen LogP contribution < -0.4 is 10.1 Å². The molecule has 1 atom stereocenters. The van der Waals surface area contributed by atoms with Crippen molar-refractivity contribution in [3.8, 4) is 5.75 Å². The number of hydrogen-bond donors (Lipinski definition) is 1. The number of nitro groups is 1. The van der Waals surface area contributed by atoms with E-state index in [4.69, 9.17) is 4.74 Å². The summed E-state index contributed by atoms with van der Waals surface area (Å²) in [6, 6.07) is 4.42. The molecule has 0 saturated carbocycles. The van der Waals surface area contributed by atoms with Crippen LogP contribution >= 0.6 is 0 Å². The molecule has 0 spiro atoms. The fourth-order valence-electron chi connectivity index (χ4n) is 3.08. The second-order valence-corrected chi connectivity index (χ2v) is 8.91. The van der Waals surface area contributed by atoms with Crippen LogP contribution in [0.2, 0.25) is 0 Å². The Morgan fingerprint density at radius 2 is 1.81 bits per heavy atom. The normalized spacial score (nSPS) is 15.4. The molecule has 1 heterocycles. The van der Waals surface area contributed by atoms with Crippen molar-refractivity contribution in [1.29, 1.82) is 0 Å². The van der Waals surface area contributed by atoms with E-state index in [-0.39, 0.29) is 4.90 Å². The molecule has 32 heavy (non-hydrogen) atoms. The van der Waals surface area contributed by atoms with Gasteiger partial charge in [-0.05, 0) is 44.0 Å². The quantitative estimate of drug-likeness (QED) is 0.375. The SMILES string of the molecule is CC(Oc1ccc(S(=O)(=O)N2CCCC2)cc1[N+](=O)[O-])C(=O)Nc1ccc(F)c(F)c1F. The lowest BCUT2D eigenvalue weighted by molar-refractivity contribution is -0.386. The summed E-state index contributed by atoms with van der Waals surface area (Å²) >= 11 is 0. The van der Waals surface area contributed by atoms with Crippen LogP contribution in [0.4, 0.5) is 24.5 Å². The van der Waals surface area contributed by atoms with Crippen molar-refractivity contribution < 1.29 is 36.0 Å². The van der Waals surface area contributed by atoms with Gasteiger partial charge in [0.25, 0.3) is 5.91 Å². The lowest BCUT2D eigenvalue weighted by Crippen LogP contribution is -2.31. The first-order valence-electron chi connectivity index (χ1n) is 9.42. The van der Waals surface area contributed by atoms with Crippen molar-refractivity contribution >= 4 is 27.3 Å². The molecule has 1 fully saturated rings. The predicted octanol–water partition coefficient (Wildman–Crippen LogP) is 3.20. The summed E-state index contributed by atoms with van der Waals surface area (Å²) in [5.74, 6) is -6.24. The Hall–Kier alpha value is -3.19. The summed E-state index contributed by atoms with van der Waals surface area (Å²) in [5, 5.41) is 13.5. The molecule has 9 nitrogen and oxygen atoms in total. The minimum absolute atomic E-state index is 0.292. The molecule has 1 saturated heterocycles. The summed E-state index contributed by atoms with van der Waals surface area (Å²) in [4.78, 5) is 22.6. The average Bonchev–Trinajstić information content (AvgIpc) is 3.30. The molecule has 0 bridgehead atoms. The number of nitrogens with one attached hydrogen (secondary N) is 1. The minimum Gasteiger partial charge on any atom is -0.474 e. The van der Waals surface area contributed by atoms with Crippen molar-refractivity contribution in [3.05, 3.63) is 57.9 Å². The number of halogens is 3. The maximum atomic E-state index is 13.7. The molecule has 1 amide bonds. The Bertz CT molecular complexity index is 1170. The third kappa shape index (κ3) is 4.67. The van der Waals surface area contributed by atoms with Gasteiger partial charge in [0.1, 0.15) is 0 Å². The second-order valence-electron chi connectivity index (χ2n) is 6.97. The van der Waals surface area contributed by atoms with Crippen LogP contribution in [-0.2, 0) is 14.8 Å². The standard InChI is InChI=1S/C19H18F3N3O6S/c1-11(19(26)23-14-6-5-13(20)17(21)18(14)22)31-16-7-4-12(10-15(16)25(27)28)32(29,30)24-8-2-3-9-24/h4-7,10-11H,2-3,8-9H2,1H3,(H,23,26). The molecular formula is C19H18F3N3O6S. The summed E-state index contributed by atoms with van der Waals surface area (Å²) in [6.07, 6.45) is -0.0521. The Morgan fingerprint density at radius 3 is 2.44 bits per heavy atom. The number of rotatable bonds is 7. The Labute approximate surface area is 181 Å². The Kier molecular flexibility index (Phi) is 6.69. The molecule has 172 valence electrons. The van der Waals surface area contributed by atoms with E-state index in [0.29, 0.717) is 32.0 Å². The van der Waals surface area contributed by atoms with Crippen molar-refractivity contribution in [1.82, 2.24) is 4.31 Å². The largest absolute Gasteiger partial charge is 0.474 e. The van der Waals surface area contributed by atoms with Crippen LogP contribution in [0.5, 0.6) is 5.75 Å². The number of amides is 1. The smallest absolute Gasteiger partial charge is 0.312 e. The van der Waals surface area contributed by atoms with Gasteiger partial charge in [-0.15, -0.1) is 0 Å². The summed E-state index contributed by atoms with van der Waals surface area (Å²) < 4.78 is 71.9. The number of ether oxygens (including phenoxy) is 1. The highest BCUT2D eigenvalue weighted by Crippen LogP contribution is 2.32. The van der Waals surface area contributed by atoms with Crippen molar-refractivity contribution in [2.75, 3.05) is 18.4 Å². The summed E-state index contributed by atoms with van der Waals surface area (Å²) in [6.45, 7) is 1.81. The monoisotopic (exact) mass is 473 g/mol. The number of nitrogens with zero attached hydrogens (tertiary/aromatic N) is 2. The topological polar surface area (TPSA) is 119 Å². The predicted molar refractivity (Wildman–Crippen MR) is 106 cm³/mol. The fourth-order valence-corrected chi connectivity index (χ4v) is 4.62. The van der Waals surface area contributed by atoms with Crippen LogP contribution in [0.15, 0.2) is 35.2 Å². The van der Waals surface area contributed by atoms with Crippen LogP contribution in [0.1, 0.15) is 19.8 Å². The molecule has 0 aliphatic carbocycles. The molecule has 1 unspecified atom stereocenters. The number of anilines is 1. The molecule has 1 N–H and O–H groups in total. The molecule has 0 radical (unpaired) electrons. The van der Waals surface area contributed by atoms with Gasteiger partial charge in [-0.3, -0.25) is 14.9 Å². The van der Waals surface area contributed by atoms with Crippen molar-refractivity contribution in [2.24, 2.45) is 0 Å². The first-order chi connectivity index (χ1) is 15.0. The maximum Gasteiger partial charge on any atom is 0.312 e. The molecular weight excluding hydrogens is 455 g/mol. The van der Waals surface area contributed by atoms with Gasteiger partial charge in [-0.1, -0.05) is 0 Å². The highest BCUT2D eigenvalue weighted by molar-refractivity contribution is 7.89. The maximum absolute atomic E-state index is 13.7. The molecule has 2 aromatic rings. The molecule has 13 heteroatoms. The van der Waals surface area contributed by atoms with Gasteiger partial charge in [0.05, 0.1) is 15.5 Å². The number of nitro benzene ring substituents is 1. The Balaban J connectivity index is 1.81. The lowest BCUT2D eigenvalue weighted by Gasteiger charge is -2.17. The van der Waals surface area contributed by atoms with Crippen LogP contribution in [0.25, 0.3) is 0 Å². The van der Waals surface area contributed by atoms with Crippen LogP contribution in [0, 0.1) is 27.6 Å². The van der Waals surface area contributed by atoms with E-state index < -0.39 is 61.5 Å². The van der Waals surface area contributed by atoms with Crippen LogP contribution in [0.3, 0.4) is 0 Å². The molecule has 0 aromatic heterocycles. The van der Waals surface area contributed by atoms with Crippen molar-refractivity contribution in [3.63, 3.8) is 0 Å². The lowest BCUT2D eigenvalue weighted by atomic mass is 10.2. The molecule has 2 aromatic carbocycles. The van der Waals surface area contributed by atoms with E-state index in [1.54, 1.807) is 0 Å². The number of hydrogen-bond acceptors (Lipinski definition) is 6. The zero-order valence-corrected chi connectivity index (χ0v) is 17.5. The number of sulfonamides is 1. The van der Waals surface area contributed by atoms with Gasteiger partial charge in [0, 0.05) is 19.2 Å². The third-order valence-electron chi connectivity index (χ3n) is 4.80. The van der Waals surface area contributed by atoms with E-state index >= 15 is 0 Å². The first-order valence-corrected chi connectivity index (χ1v) is 10.9. The second kappa shape index (κ2) is 9.12. The number of carbonyl (C=O) groups excluding carboxylic acids is 1. The van der Waals surface area contributed by atoms with E-state index in [2.05, 4.69) is 0 Å². The highest BCUT2D eigenvalue weighted by Gasteiger charge is 2.30. The Morgan fingerprint density at radius 1 is 1.16 bits per heavy atom. The van der Waals surface area contributed by atoms with Gasteiger partial charge in [-0.2, -0.15) is 4.31 Å². The fraction of sp³-hybridized carbons (Fsp3) is 0.316. The first kappa shape index (κ1) is 23.5. The van der Waals surface area contributed by atoms with Gasteiger partial charge in [0.2, 0.25) is 10.0 Å². The molecule has 1 aliphatic heterocycles. The number of carbonyl (C=O) groups is 1. The molecule has 1 aliphatic rings. The van der Waals surface area contributed by atoms with Crippen LogP contribution in [-0.4, -0.2) is 42.7 Å². The van der Waals surface area contributed by atoms with Gasteiger partial charge in [0.15, 0.2) is 29.3 Å². The zero-order chi connectivity index (χ0) is 23.6. The van der Waals surface area contributed by atoms with E-state index in [0.717, 1.165) is 24.3 Å². The van der Waals surface area contributed by atoms with E-state index in [9.17, 15) is 36.5 Å². The van der Waals surface area contributed by atoms with Gasteiger partial charge in [-0.25, -0.2) is 21.6 Å².